The van der Waals surface area contributed by atoms with Gasteiger partial charge in [-0.1, -0.05) is 47.5 Å². The molecule has 0 bridgehead atoms. The van der Waals surface area contributed by atoms with Gasteiger partial charge >= 0.3 is 0 Å². The Bertz CT molecular complexity index is 299. The van der Waals surface area contributed by atoms with Gasteiger partial charge in [-0.25, -0.2) is 0 Å². The number of rotatable bonds is 4. The summed E-state index contributed by atoms with van der Waals surface area (Å²) >= 11 is 11.6. The molecule has 0 heterocycles. The lowest BCUT2D eigenvalue weighted by molar-refractivity contribution is 1.16. The Balaban J connectivity index is 2.56. The lowest BCUT2D eigenvalue weighted by Crippen LogP contribution is -1.85. The average Bonchev–Trinajstić information content (AvgIpc) is 2.18. The highest BCUT2D eigenvalue weighted by Gasteiger charge is 1.95. The minimum atomic E-state index is 0.629. The number of alkyl halides is 1. The second kappa shape index (κ2) is 6.10. The fourth-order valence-electron chi connectivity index (χ4n) is 1.18. The SMILES string of the molecule is Cc1ccc(CC(Cl)=CCCCl)cc1. The normalized spacial score (nSPS) is 11.8. The molecular weight excluding hydrogens is 215 g/mol. The van der Waals surface area contributed by atoms with Crippen molar-refractivity contribution in [3.8, 4) is 0 Å². The smallest absolute Gasteiger partial charge is 0.0258 e. The summed E-state index contributed by atoms with van der Waals surface area (Å²) in [7, 11) is 0. The first-order valence-corrected chi connectivity index (χ1v) is 5.59. The van der Waals surface area contributed by atoms with E-state index < -0.39 is 0 Å². The number of benzene rings is 1. The van der Waals surface area contributed by atoms with E-state index in [1.54, 1.807) is 0 Å². The van der Waals surface area contributed by atoms with E-state index in [0.717, 1.165) is 17.9 Å². The molecule has 0 aliphatic carbocycles. The molecule has 14 heavy (non-hydrogen) atoms. The van der Waals surface area contributed by atoms with Crippen LogP contribution in [0.15, 0.2) is 35.4 Å². The maximum atomic E-state index is 6.04. The zero-order valence-electron chi connectivity index (χ0n) is 8.26. The van der Waals surface area contributed by atoms with Crippen molar-refractivity contribution in [2.75, 3.05) is 5.88 Å². The summed E-state index contributed by atoms with van der Waals surface area (Å²) in [4.78, 5) is 0. The molecule has 0 saturated heterocycles. The van der Waals surface area contributed by atoms with E-state index in [1.165, 1.54) is 11.1 Å². The van der Waals surface area contributed by atoms with Gasteiger partial charge in [-0.3, -0.25) is 0 Å². The summed E-state index contributed by atoms with van der Waals surface area (Å²) in [6.45, 7) is 2.08. The summed E-state index contributed by atoms with van der Waals surface area (Å²) in [5, 5.41) is 0.870. The Hall–Kier alpha value is -0.460. The van der Waals surface area contributed by atoms with Crippen LogP contribution >= 0.6 is 23.2 Å². The van der Waals surface area contributed by atoms with Crippen LogP contribution in [-0.4, -0.2) is 5.88 Å². The van der Waals surface area contributed by atoms with Crippen molar-refractivity contribution in [2.45, 2.75) is 19.8 Å². The molecule has 0 radical (unpaired) electrons. The highest BCUT2D eigenvalue weighted by Crippen LogP contribution is 2.13. The highest BCUT2D eigenvalue weighted by molar-refractivity contribution is 6.29. The van der Waals surface area contributed by atoms with Crippen LogP contribution in [0.5, 0.6) is 0 Å². The second-order valence-electron chi connectivity index (χ2n) is 3.29. The lowest BCUT2D eigenvalue weighted by atomic mass is 10.1. The predicted octanol–water partition coefficient (Wildman–Crippen LogP) is 4.29. The Labute approximate surface area is 95.5 Å². The molecule has 0 aromatic heterocycles. The van der Waals surface area contributed by atoms with Gasteiger partial charge in [0, 0.05) is 17.3 Å². The van der Waals surface area contributed by atoms with Crippen LogP contribution in [-0.2, 0) is 6.42 Å². The molecule has 2 heteroatoms. The van der Waals surface area contributed by atoms with E-state index in [4.69, 9.17) is 23.2 Å². The Morgan fingerprint density at radius 1 is 1.29 bits per heavy atom. The van der Waals surface area contributed by atoms with Crippen LogP contribution in [0.3, 0.4) is 0 Å². The number of hydrogen-bond donors (Lipinski definition) is 0. The van der Waals surface area contributed by atoms with Crippen molar-refractivity contribution in [1.82, 2.24) is 0 Å². The Kier molecular flexibility index (Phi) is 5.06. The maximum Gasteiger partial charge on any atom is 0.0258 e. The van der Waals surface area contributed by atoms with E-state index >= 15 is 0 Å². The third kappa shape index (κ3) is 4.17. The van der Waals surface area contributed by atoms with E-state index in [2.05, 4.69) is 31.2 Å². The van der Waals surface area contributed by atoms with Gasteiger partial charge in [0.05, 0.1) is 0 Å². The third-order valence-corrected chi connectivity index (χ3v) is 2.47. The Morgan fingerprint density at radius 3 is 2.50 bits per heavy atom. The summed E-state index contributed by atoms with van der Waals surface area (Å²) in [6, 6.07) is 8.40. The highest BCUT2D eigenvalue weighted by atomic mass is 35.5. The van der Waals surface area contributed by atoms with Crippen molar-refractivity contribution in [1.29, 1.82) is 0 Å². The molecule has 0 nitrogen and oxygen atoms in total. The summed E-state index contributed by atoms with van der Waals surface area (Å²) < 4.78 is 0. The molecule has 0 aliphatic heterocycles. The van der Waals surface area contributed by atoms with Crippen molar-refractivity contribution in [3.63, 3.8) is 0 Å². The van der Waals surface area contributed by atoms with E-state index in [1.807, 2.05) is 6.08 Å². The zero-order valence-corrected chi connectivity index (χ0v) is 9.78. The first-order chi connectivity index (χ1) is 6.72. The molecule has 0 unspecified atom stereocenters. The summed E-state index contributed by atoms with van der Waals surface area (Å²) in [6.07, 6.45) is 3.62. The molecular formula is C12H14Cl2. The minimum absolute atomic E-state index is 0.629. The average molecular weight is 229 g/mol. The predicted molar refractivity (Wildman–Crippen MR) is 64.2 cm³/mol. The van der Waals surface area contributed by atoms with E-state index in [0.29, 0.717) is 5.88 Å². The minimum Gasteiger partial charge on any atom is -0.126 e. The number of allylic oxidation sites excluding steroid dienone is 2. The monoisotopic (exact) mass is 228 g/mol. The standard InChI is InChI=1S/C12H14Cl2/c1-10-4-6-11(7-5-10)9-12(14)3-2-8-13/h3-7H,2,8-9H2,1H3. The van der Waals surface area contributed by atoms with Crippen molar-refractivity contribution < 1.29 is 0 Å². The molecule has 1 aromatic rings. The zero-order chi connectivity index (χ0) is 10.4. The molecule has 76 valence electrons. The lowest BCUT2D eigenvalue weighted by Gasteiger charge is -2.00. The quantitative estimate of drug-likeness (QED) is 0.675. The molecule has 0 saturated carbocycles. The topological polar surface area (TPSA) is 0 Å². The summed E-state index contributed by atoms with van der Waals surface area (Å²) in [5.41, 5.74) is 2.51. The number of halogens is 2. The molecule has 1 aromatic carbocycles. The molecule has 0 aliphatic rings. The van der Waals surface area contributed by atoms with Gasteiger partial charge in [0.25, 0.3) is 0 Å². The van der Waals surface area contributed by atoms with E-state index in [-0.39, 0.29) is 0 Å². The van der Waals surface area contributed by atoms with Crippen molar-refractivity contribution in [3.05, 3.63) is 46.5 Å². The second-order valence-corrected chi connectivity index (χ2v) is 4.15. The molecule has 0 spiro atoms. The van der Waals surface area contributed by atoms with Crippen LogP contribution < -0.4 is 0 Å². The molecule has 0 fully saturated rings. The van der Waals surface area contributed by atoms with Crippen LogP contribution in [0.2, 0.25) is 0 Å². The van der Waals surface area contributed by atoms with Crippen molar-refractivity contribution >= 4 is 23.2 Å². The largest absolute Gasteiger partial charge is 0.126 e. The van der Waals surface area contributed by atoms with Gasteiger partial charge in [0.15, 0.2) is 0 Å². The fraction of sp³-hybridized carbons (Fsp3) is 0.333. The van der Waals surface area contributed by atoms with Crippen LogP contribution in [0.4, 0.5) is 0 Å². The first kappa shape index (κ1) is 11.6. The first-order valence-electron chi connectivity index (χ1n) is 4.68. The van der Waals surface area contributed by atoms with Crippen LogP contribution in [0.25, 0.3) is 0 Å². The molecule has 1 rings (SSSR count). The fourth-order valence-corrected chi connectivity index (χ4v) is 1.56. The van der Waals surface area contributed by atoms with Crippen LogP contribution in [0.1, 0.15) is 17.5 Å². The van der Waals surface area contributed by atoms with E-state index in [9.17, 15) is 0 Å². The molecule has 0 atom stereocenters. The third-order valence-electron chi connectivity index (χ3n) is 1.97. The number of hydrogen-bond acceptors (Lipinski definition) is 0. The van der Waals surface area contributed by atoms with Gasteiger partial charge in [-0.15, -0.1) is 11.6 Å². The van der Waals surface area contributed by atoms with Gasteiger partial charge in [0.1, 0.15) is 0 Å². The van der Waals surface area contributed by atoms with Gasteiger partial charge < -0.3 is 0 Å². The maximum absolute atomic E-state index is 6.04. The Morgan fingerprint density at radius 2 is 1.93 bits per heavy atom. The van der Waals surface area contributed by atoms with Gasteiger partial charge in [0.2, 0.25) is 0 Å². The molecule has 0 N–H and O–H groups in total. The summed E-state index contributed by atoms with van der Waals surface area (Å²) in [5.74, 6) is 0.629. The van der Waals surface area contributed by atoms with Gasteiger partial charge in [-0.05, 0) is 18.9 Å². The molecule has 0 amide bonds. The van der Waals surface area contributed by atoms with Crippen LogP contribution in [0, 0.1) is 6.92 Å². The van der Waals surface area contributed by atoms with Gasteiger partial charge in [-0.2, -0.15) is 0 Å². The van der Waals surface area contributed by atoms with Crippen molar-refractivity contribution in [2.24, 2.45) is 0 Å². The number of aryl methyl sites for hydroxylation is 1.